The van der Waals surface area contributed by atoms with Crippen molar-refractivity contribution in [2.24, 2.45) is 0 Å². The van der Waals surface area contributed by atoms with Crippen molar-refractivity contribution in [1.82, 2.24) is 9.29 Å². The maximum atomic E-state index is 12.6. The molecule has 0 fully saturated rings. The number of fused-ring (bicyclic) bond motifs is 1. The molecular weight excluding hydrogens is 312 g/mol. The predicted molar refractivity (Wildman–Crippen MR) is 78.8 cm³/mol. The van der Waals surface area contributed by atoms with E-state index in [1.807, 2.05) is 24.3 Å². The summed E-state index contributed by atoms with van der Waals surface area (Å²) >= 11 is 5.70. The van der Waals surface area contributed by atoms with Gasteiger partial charge >= 0.3 is 0 Å². The molecule has 0 saturated carbocycles. The maximum Gasteiger partial charge on any atom is 0.245 e. The SMILES string of the molecule is O=S(=O)(c1ccc(Cl)nc1)N1CCOc2ccccc2C1. The van der Waals surface area contributed by atoms with Crippen LogP contribution in [0.15, 0.2) is 47.5 Å². The Hall–Kier alpha value is -1.63. The molecule has 0 spiro atoms. The molecule has 0 saturated heterocycles. The molecule has 1 aliphatic heterocycles. The smallest absolute Gasteiger partial charge is 0.245 e. The van der Waals surface area contributed by atoms with E-state index >= 15 is 0 Å². The fourth-order valence-corrected chi connectivity index (χ4v) is 3.63. The minimum absolute atomic E-state index is 0.131. The Balaban J connectivity index is 1.94. The fraction of sp³-hybridized carbons (Fsp3) is 0.214. The highest BCUT2D eigenvalue weighted by Crippen LogP contribution is 2.26. The van der Waals surface area contributed by atoms with Gasteiger partial charge in [-0.15, -0.1) is 0 Å². The number of sulfonamides is 1. The van der Waals surface area contributed by atoms with Gasteiger partial charge in [0.15, 0.2) is 0 Å². The summed E-state index contributed by atoms with van der Waals surface area (Å²) in [6, 6.07) is 10.4. The van der Waals surface area contributed by atoms with E-state index in [0.717, 1.165) is 11.3 Å². The number of para-hydroxylation sites is 1. The van der Waals surface area contributed by atoms with E-state index in [4.69, 9.17) is 16.3 Å². The van der Waals surface area contributed by atoms with Gasteiger partial charge < -0.3 is 4.74 Å². The van der Waals surface area contributed by atoms with Crippen molar-refractivity contribution in [2.45, 2.75) is 11.4 Å². The maximum absolute atomic E-state index is 12.6. The lowest BCUT2D eigenvalue weighted by molar-refractivity contribution is 0.293. The number of ether oxygens (including phenoxy) is 1. The van der Waals surface area contributed by atoms with Gasteiger partial charge in [-0.2, -0.15) is 4.31 Å². The molecule has 0 N–H and O–H groups in total. The quantitative estimate of drug-likeness (QED) is 0.795. The van der Waals surface area contributed by atoms with E-state index in [1.165, 1.54) is 22.6 Å². The molecule has 0 unspecified atom stereocenters. The molecule has 1 aromatic carbocycles. The normalized spacial score (nSPS) is 15.9. The summed E-state index contributed by atoms with van der Waals surface area (Å²) in [6.07, 6.45) is 1.27. The van der Waals surface area contributed by atoms with Crippen LogP contribution in [-0.2, 0) is 16.6 Å². The molecule has 0 bridgehead atoms. The van der Waals surface area contributed by atoms with Crippen molar-refractivity contribution in [3.05, 3.63) is 53.3 Å². The van der Waals surface area contributed by atoms with Crippen molar-refractivity contribution in [3.8, 4) is 5.75 Å². The molecule has 7 heteroatoms. The van der Waals surface area contributed by atoms with Crippen LogP contribution in [0.2, 0.25) is 5.15 Å². The molecule has 0 radical (unpaired) electrons. The predicted octanol–water partition coefficient (Wildman–Crippen LogP) is 2.32. The highest BCUT2D eigenvalue weighted by atomic mass is 35.5. The molecule has 1 aliphatic rings. The average molecular weight is 325 g/mol. The van der Waals surface area contributed by atoms with E-state index in [1.54, 1.807) is 0 Å². The second-order valence-corrected chi connectivity index (χ2v) is 6.94. The number of hydrogen-bond donors (Lipinski definition) is 0. The first-order valence-corrected chi connectivity index (χ1v) is 8.21. The molecule has 0 aliphatic carbocycles. The number of rotatable bonds is 2. The van der Waals surface area contributed by atoms with Crippen LogP contribution < -0.4 is 4.74 Å². The molecule has 3 rings (SSSR count). The standard InChI is InChI=1S/C14H13ClN2O3S/c15-14-6-5-12(9-16-14)21(18,19)17-7-8-20-13-4-2-1-3-11(13)10-17/h1-6,9H,7-8,10H2. The number of pyridine rings is 1. The first kappa shape index (κ1) is 14.3. The van der Waals surface area contributed by atoms with Crippen LogP contribution in [0, 0.1) is 0 Å². The van der Waals surface area contributed by atoms with Crippen molar-refractivity contribution in [3.63, 3.8) is 0 Å². The minimum atomic E-state index is -3.61. The van der Waals surface area contributed by atoms with Crippen molar-refractivity contribution in [2.75, 3.05) is 13.2 Å². The Kier molecular flexibility index (Phi) is 3.84. The largest absolute Gasteiger partial charge is 0.492 e. The van der Waals surface area contributed by atoms with Gasteiger partial charge in [0.2, 0.25) is 10.0 Å². The Bertz CT molecular complexity index is 747. The third-order valence-corrected chi connectivity index (χ3v) is 5.31. The zero-order chi connectivity index (χ0) is 14.9. The van der Waals surface area contributed by atoms with Crippen molar-refractivity contribution in [1.29, 1.82) is 0 Å². The third-order valence-electron chi connectivity index (χ3n) is 3.26. The molecule has 0 amide bonds. The van der Waals surface area contributed by atoms with Crippen LogP contribution in [-0.4, -0.2) is 30.9 Å². The fourth-order valence-electron chi connectivity index (χ4n) is 2.17. The first-order chi connectivity index (χ1) is 10.1. The average Bonchev–Trinajstić information content (AvgIpc) is 2.70. The van der Waals surface area contributed by atoms with Crippen LogP contribution in [0.3, 0.4) is 0 Å². The Labute approximate surface area is 128 Å². The van der Waals surface area contributed by atoms with E-state index in [2.05, 4.69) is 4.98 Å². The number of aromatic nitrogens is 1. The zero-order valence-electron chi connectivity index (χ0n) is 11.1. The Morgan fingerprint density at radius 3 is 2.76 bits per heavy atom. The van der Waals surface area contributed by atoms with Gasteiger partial charge in [-0.05, 0) is 18.2 Å². The van der Waals surface area contributed by atoms with Crippen LogP contribution in [0.5, 0.6) is 5.75 Å². The van der Waals surface area contributed by atoms with Gasteiger partial charge in [0.25, 0.3) is 0 Å². The van der Waals surface area contributed by atoms with Crippen LogP contribution in [0.1, 0.15) is 5.56 Å². The van der Waals surface area contributed by atoms with Gasteiger partial charge in [0, 0.05) is 24.8 Å². The van der Waals surface area contributed by atoms with Crippen LogP contribution in [0.25, 0.3) is 0 Å². The highest BCUT2D eigenvalue weighted by molar-refractivity contribution is 7.89. The second kappa shape index (κ2) is 5.63. The molecular formula is C14H13ClN2O3S. The van der Waals surface area contributed by atoms with Crippen LogP contribution >= 0.6 is 11.6 Å². The summed E-state index contributed by atoms with van der Waals surface area (Å²) in [6.45, 7) is 0.887. The molecule has 0 atom stereocenters. The van der Waals surface area contributed by atoms with Gasteiger partial charge in [0.1, 0.15) is 22.4 Å². The van der Waals surface area contributed by atoms with Crippen molar-refractivity contribution < 1.29 is 13.2 Å². The summed E-state index contributed by atoms with van der Waals surface area (Å²) in [4.78, 5) is 3.97. The van der Waals surface area contributed by atoms with Crippen molar-refractivity contribution >= 4 is 21.6 Å². The van der Waals surface area contributed by atoms with Gasteiger partial charge in [-0.3, -0.25) is 0 Å². The lowest BCUT2D eigenvalue weighted by Crippen LogP contribution is -2.32. The number of halogens is 1. The third kappa shape index (κ3) is 2.88. The zero-order valence-corrected chi connectivity index (χ0v) is 12.6. The van der Waals surface area contributed by atoms with E-state index < -0.39 is 10.0 Å². The van der Waals surface area contributed by atoms with Gasteiger partial charge in [-0.1, -0.05) is 29.8 Å². The van der Waals surface area contributed by atoms with E-state index in [9.17, 15) is 8.42 Å². The molecule has 21 heavy (non-hydrogen) atoms. The molecule has 1 aromatic heterocycles. The summed E-state index contributed by atoms with van der Waals surface area (Å²) in [5.41, 5.74) is 0.848. The van der Waals surface area contributed by atoms with Gasteiger partial charge in [0.05, 0.1) is 0 Å². The monoisotopic (exact) mass is 324 g/mol. The Morgan fingerprint density at radius 2 is 2.00 bits per heavy atom. The highest BCUT2D eigenvalue weighted by Gasteiger charge is 2.27. The topological polar surface area (TPSA) is 59.5 Å². The first-order valence-electron chi connectivity index (χ1n) is 6.40. The number of benzene rings is 1. The molecule has 2 heterocycles. The summed E-state index contributed by atoms with van der Waals surface area (Å²) in [7, 11) is -3.61. The second-order valence-electron chi connectivity index (χ2n) is 4.61. The summed E-state index contributed by atoms with van der Waals surface area (Å²) in [5.74, 6) is 0.726. The number of hydrogen-bond acceptors (Lipinski definition) is 4. The summed E-state index contributed by atoms with van der Waals surface area (Å²) in [5, 5.41) is 0.262. The Morgan fingerprint density at radius 1 is 1.19 bits per heavy atom. The van der Waals surface area contributed by atoms with E-state index in [-0.39, 0.29) is 16.6 Å². The lowest BCUT2D eigenvalue weighted by atomic mass is 10.2. The van der Waals surface area contributed by atoms with Gasteiger partial charge in [-0.25, -0.2) is 13.4 Å². The summed E-state index contributed by atoms with van der Waals surface area (Å²) < 4.78 is 32.3. The lowest BCUT2D eigenvalue weighted by Gasteiger charge is -2.19. The van der Waals surface area contributed by atoms with Crippen LogP contribution in [0.4, 0.5) is 0 Å². The van der Waals surface area contributed by atoms with E-state index in [0.29, 0.717) is 13.2 Å². The number of nitrogens with zero attached hydrogens (tertiary/aromatic N) is 2. The molecule has 5 nitrogen and oxygen atoms in total. The molecule has 2 aromatic rings. The minimum Gasteiger partial charge on any atom is -0.492 e. The molecule has 110 valence electrons.